The largest absolute Gasteiger partial charge is 0.493 e. The van der Waals surface area contributed by atoms with E-state index in [9.17, 15) is 9.59 Å². The molecule has 0 radical (unpaired) electrons. The van der Waals surface area contributed by atoms with Crippen molar-refractivity contribution in [1.82, 2.24) is 10.7 Å². The van der Waals surface area contributed by atoms with Crippen molar-refractivity contribution in [1.29, 1.82) is 0 Å². The third-order valence-corrected chi connectivity index (χ3v) is 3.86. The van der Waals surface area contributed by atoms with Crippen LogP contribution in [0.3, 0.4) is 0 Å². The van der Waals surface area contributed by atoms with Gasteiger partial charge in [0.2, 0.25) is 0 Å². The molecule has 2 N–H and O–H groups in total. The molecular weight excluding hydrogens is 370 g/mol. The standard InChI is InChI=1S/C19H20ClN3O4/c1-26-16-8-5-14(11-17(16)27-2)12-22-23-19(25)18(24)21-10-9-13-3-6-15(20)7-4-13/h3-8,11-12H,9-10H2,1-2H3,(H,21,24)(H,23,25)/b22-12+. The average Bonchev–Trinajstić information content (AvgIpc) is 2.69. The summed E-state index contributed by atoms with van der Waals surface area (Å²) in [5.74, 6) is -0.484. The monoisotopic (exact) mass is 389 g/mol. The lowest BCUT2D eigenvalue weighted by Crippen LogP contribution is -2.38. The van der Waals surface area contributed by atoms with Gasteiger partial charge in [0, 0.05) is 11.6 Å². The van der Waals surface area contributed by atoms with Crippen molar-refractivity contribution in [2.45, 2.75) is 6.42 Å². The second-order valence-corrected chi connectivity index (χ2v) is 5.88. The normalized spacial score (nSPS) is 10.5. The molecule has 27 heavy (non-hydrogen) atoms. The Kier molecular flexibility index (Phi) is 7.63. The second kappa shape index (κ2) is 10.2. The first-order valence-corrected chi connectivity index (χ1v) is 8.49. The van der Waals surface area contributed by atoms with Gasteiger partial charge in [-0.1, -0.05) is 23.7 Å². The van der Waals surface area contributed by atoms with E-state index in [4.69, 9.17) is 21.1 Å². The molecule has 0 aromatic heterocycles. The van der Waals surface area contributed by atoms with Gasteiger partial charge in [-0.15, -0.1) is 0 Å². The molecule has 0 saturated carbocycles. The Balaban J connectivity index is 1.79. The van der Waals surface area contributed by atoms with Crippen LogP contribution in [-0.2, 0) is 16.0 Å². The number of methoxy groups -OCH3 is 2. The lowest BCUT2D eigenvalue weighted by atomic mass is 10.1. The molecule has 0 aliphatic rings. The lowest BCUT2D eigenvalue weighted by Gasteiger charge is -2.07. The van der Waals surface area contributed by atoms with Crippen LogP contribution in [0.2, 0.25) is 5.02 Å². The first kappa shape index (κ1) is 20.3. The number of carbonyl (C=O) groups is 2. The predicted octanol–water partition coefficient (Wildman–Crippen LogP) is 2.17. The molecule has 0 heterocycles. The van der Waals surface area contributed by atoms with Crippen molar-refractivity contribution in [3.63, 3.8) is 0 Å². The number of carbonyl (C=O) groups excluding carboxylic acids is 2. The van der Waals surface area contributed by atoms with Crippen molar-refractivity contribution in [3.05, 3.63) is 58.6 Å². The Morgan fingerprint density at radius 1 is 1.04 bits per heavy atom. The van der Waals surface area contributed by atoms with E-state index in [0.29, 0.717) is 35.1 Å². The minimum absolute atomic E-state index is 0.327. The van der Waals surface area contributed by atoms with Crippen LogP contribution in [0, 0.1) is 0 Å². The van der Waals surface area contributed by atoms with Gasteiger partial charge in [0.15, 0.2) is 11.5 Å². The van der Waals surface area contributed by atoms with Gasteiger partial charge in [0.25, 0.3) is 0 Å². The van der Waals surface area contributed by atoms with Crippen LogP contribution < -0.4 is 20.2 Å². The fraction of sp³-hybridized carbons (Fsp3) is 0.211. The van der Waals surface area contributed by atoms with Crippen molar-refractivity contribution in [3.8, 4) is 11.5 Å². The minimum atomic E-state index is -0.845. The molecule has 8 heteroatoms. The summed E-state index contributed by atoms with van der Waals surface area (Å²) in [5.41, 5.74) is 3.87. The second-order valence-electron chi connectivity index (χ2n) is 5.45. The Labute approximate surface area is 162 Å². The summed E-state index contributed by atoms with van der Waals surface area (Å²) in [6.45, 7) is 0.327. The summed E-state index contributed by atoms with van der Waals surface area (Å²) in [7, 11) is 3.06. The molecular formula is C19H20ClN3O4. The highest BCUT2D eigenvalue weighted by Gasteiger charge is 2.11. The zero-order valence-corrected chi connectivity index (χ0v) is 15.7. The number of hydrogen-bond acceptors (Lipinski definition) is 5. The average molecular weight is 390 g/mol. The fourth-order valence-corrected chi connectivity index (χ4v) is 2.33. The Hall–Kier alpha value is -3.06. The number of amides is 2. The summed E-state index contributed by atoms with van der Waals surface area (Å²) in [5, 5.41) is 6.95. The van der Waals surface area contributed by atoms with Crippen LogP contribution in [0.4, 0.5) is 0 Å². The van der Waals surface area contributed by atoms with Crippen LogP contribution in [0.1, 0.15) is 11.1 Å². The van der Waals surface area contributed by atoms with Gasteiger partial charge in [-0.25, -0.2) is 5.43 Å². The van der Waals surface area contributed by atoms with Crippen LogP contribution in [0.5, 0.6) is 11.5 Å². The molecule has 0 unspecified atom stereocenters. The first-order chi connectivity index (χ1) is 13.0. The molecule has 2 aromatic carbocycles. The van der Waals surface area contributed by atoms with E-state index in [1.54, 1.807) is 30.3 Å². The molecule has 0 atom stereocenters. The molecule has 7 nitrogen and oxygen atoms in total. The maximum Gasteiger partial charge on any atom is 0.329 e. The number of ether oxygens (including phenoxy) is 2. The quantitative estimate of drug-likeness (QED) is 0.431. The number of benzene rings is 2. The van der Waals surface area contributed by atoms with Crippen LogP contribution >= 0.6 is 11.6 Å². The number of hydrazone groups is 1. The van der Waals surface area contributed by atoms with Crippen molar-refractivity contribution in [2.24, 2.45) is 5.10 Å². The summed E-state index contributed by atoms with van der Waals surface area (Å²) in [6, 6.07) is 12.4. The van der Waals surface area contributed by atoms with Crippen molar-refractivity contribution < 1.29 is 19.1 Å². The molecule has 2 amide bonds. The number of rotatable bonds is 7. The maximum absolute atomic E-state index is 11.8. The van der Waals surface area contributed by atoms with Gasteiger partial charge >= 0.3 is 11.8 Å². The van der Waals surface area contributed by atoms with E-state index in [0.717, 1.165) is 5.56 Å². The Morgan fingerprint density at radius 2 is 1.74 bits per heavy atom. The first-order valence-electron chi connectivity index (χ1n) is 8.11. The van der Waals surface area contributed by atoms with E-state index >= 15 is 0 Å². The van der Waals surface area contributed by atoms with E-state index < -0.39 is 11.8 Å². The molecule has 0 fully saturated rings. The summed E-state index contributed by atoms with van der Waals surface area (Å²) in [4.78, 5) is 23.5. The van der Waals surface area contributed by atoms with Gasteiger partial charge in [-0.05, 0) is 47.9 Å². The topological polar surface area (TPSA) is 89.0 Å². The predicted molar refractivity (Wildman–Crippen MR) is 103 cm³/mol. The van der Waals surface area contributed by atoms with Gasteiger partial charge in [0.05, 0.1) is 20.4 Å². The molecule has 2 rings (SSSR count). The Morgan fingerprint density at radius 3 is 2.41 bits per heavy atom. The molecule has 142 valence electrons. The van der Waals surface area contributed by atoms with Gasteiger partial charge in [-0.2, -0.15) is 5.10 Å². The van der Waals surface area contributed by atoms with E-state index in [2.05, 4.69) is 15.8 Å². The summed E-state index contributed by atoms with van der Waals surface area (Å²) in [6.07, 6.45) is 1.99. The third kappa shape index (κ3) is 6.31. The zero-order chi connectivity index (χ0) is 19.6. The Bertz CT molecular complexity index is 822. The third-order valence-electron chi connectivity index (χ3n) is 3.61. The van der Waals surface area contributed by atoms with E-state index in [1.165, 1.54) is 20.4 Å². The zero-order valence-electron chi connectivity index (χ0n) is 15.0. The lowest BCUT2D eigenvalue weighted by molar-refractivity contribution is -0.139. The molecule has 0 aliphatic heterocycles. The SMILES string of the molecule is COc1ccc(/C=N/NC(=O)C(=O)NCCc2ccc(Cl)cc2)cc1OC. The highest BCUT2D eigenvalue weighted by Crippen LogP contribution is 2.26. The molecule has 0 saturated heterocycles. The smallest absolute Gasteiger partial charge is 0.329 e. The number of halogens is 1. The van der Waals surface area contributed by atoms with Crippen LogP contribution in [-0.4, -0.2) is 38.8 Å². The van der Waals surface area contributed by atoms with E-state index in [1.807, 2.05) is 12.1 Å². The van der Waals surface area contributed by atoms with Gasteiger partial charge in [-0.3, -0.25) is 9.59 Å². The minimum Gasteiger partial charge on any atom is -0.493 e. The van der Waals surface area contributed by atoms with Crippen LogP contribution in [0.15, 0.2) is 47.6 Å². The summed E-state index contributed by atoms with van der Waals surface area (Å²) < 4.78 is 10.3. The van der Waals surface area contributed by atoms with Crippen LogP contribution in [0.25, 0.3) is 0 Å². The van der Waals surface area contributed by atoms with Gasteiger partial charge < -0.3 is 14.8 Å². The molecule has 0 spiro atoms. The highest BCUT2D eigenvalue weighted by atomic mass is 35.5. The molecule has 0 bridgehead atoms. The molecule has 0 aliphatic carbocycles. The fourth-order valence-electron chi connectivity index (χ4n) is 2.20. The maximum atomic E-state index is 11.8. The number of nitrogens with zero attached hydrogens (tertiary/aromatic N) is 1. The van der Waals surface area contributed by atoms with Gasteiger partial charge in [0.1, 0.15) is 0 Å². The molecule has 2 aromatic rings. The van der Waals surface area contributed by atoms with Crippen molar-refractivity contribution >= 4 is 29.6 Å². The highest BCUT2D eigenvalue weighted by molar-refractivity contribution is 6.35. The van der Waals surface area contributed by atoms with Crippen molar-refractivity contribution in [2.75, 3.05) is 20.8 Å². The number of nitrogens with one attached hydrogen (secondary N) is 2. The van der Waals surface area contributed by atoms with E-state index in [-0.39, 0.29) is 0 Å². The summed E-state index contributed by atoms with van der Waals surface area (Å²) >= 11 is 5.81. The number of hydrogen-bond donors (Lipinski definition) is 2.